The van der Waals surface area contributed by atoms with E-state index in [0.29, 0.717) is 22.6 Å². The highest BCUT2D eigenvalue weighted by Gasteiger charge is 2.21. The average Bonchev–Trinajstić information content (AvgIpc) is 2.60. The maximum absolute atomic E-state index is 14.3. The van der Waals surface area contributed by atoms with Gasteiger partial charge in [-0.2, -0.15) is 0 Å². The number of hydrogen-bond acceptors (Lipinski definition) is 2. The fourth-order valence-corrected chi connectivity index (χ4v) is 3.27. The van der Waals surface area contributed by atoms with E-state index < -0.39 is 0 Å². The molecule has 26 heavy (non-hydrogen) atoms. The van der Waals surface area contributed by atoms with Gasteiger partial charge in [-0.15, -0.1) is 0 Å². The van der Waals surface area contributed by atoms with Crippen molar-refractivity contribution in [2.45, 2.75) is 19.8 Å². The molecule has 1 amide bonds. The predicted molar refractivity (Wildman–Crippen MR) is 102 cm³/mol. The molecule has 0 heterocycles. The summed E-state index contributed by atoms with van der Waals surface area (Å²) in [7, 11) is 1.66. The maximum atomic E-state index is 14.3. The van der Waals surface area contributed by atoms with Crippen LogP contribution in [-0.2, 0) is 0 Å². The Labute approximate surface area is 153 Å². The van der Waals surface area contributed by atoms with Gasteiger partial charge in [0, 0.05) is 24.7 Å². The number of amides is 1. The molecule has 1 N–H and O–H groups in total. The molecule has 4 heteroatoms. The lowest BCUT2D eigenvalue weighted by atomic mass is 9.80. The first-order valence-electron chi connectivity index (χ1n) is 9.00. The number of likely N-dealkylation sites (N-methyl/N-ethyl adjacent to an activating group) is 1. The third-order valence-corrected chi connectivity index (χ3v) is 4.96. The van der Waals surface area contributed by atoms with E-state index in [1.165, 1.54) is 16.5 Å². The van der Waals surface area contributed by atoms with Gasteiger partial charge in [0.2, 0.25) is 0 Å². The molecule has 0 fully saturated rings. The van der Waals surface area contributed by atoms with Crippen LogP contribution in [0.25, 0.3) is 16.7 Å². The van der Waals surface area contributed by atoms with Gasteiger partial charge in [-0.1, -0.05) is 31.2 Å². The highest BCUT2D eigenvalue weighted by atomic mass is 19.1. The normalized spacial score (nSPS) is 16.0. The molecule has 0 aromatic heterocycles. The minimum absolute atomic E-state index is 0.0918. The zero-order valence-corrected chi connectivity index (χ0v) is 15.2. The van der Waals surface area contributed by atoms with Crippen LogP contribution in [0, 0.1) is 11.7 Å². The molecule has 136 valence electrons. The number of carbonyl (C=O) groups excluding carboxylic acids is 1. The van der Waals surface area contributed by atoms with Gasteiger partial charge in [-0.25, -0.2) is 4.39 Å². The average molecular weight is 353 g/mol. The minimum atomic E-state index is -0.305. The Morgan fingerprint density at radius 2 is 1.92 bits per heavy atom. The fourth-order valence-electron chi connectivity index (χ4n) is 3.27. The summed E-state index contributed by atoms with van der Waals surface area (Å²) in [6, 6.07) is 12.2. The number of allylic oxidation sites excluding steroid dienone is 2. The first kappa shape index (κ1) is 18.3. The van der Waals surface area contributed by atoms with Crippen LogP contribution < -0.4 is 0 Å². The smallest absolute Gasteiger partial charge is 0.253 e. The summed E-state index contributed by atoms with van der Waals surface area (Å²) in [5.41, 5.74) is 3.87. The summed E-state index contributed by atoms with van der Waals surface area (Å²) in [5.74, 6) is 0.101. The lowest BCUT2D eigenvalue weighted by Crippen LogP contribution is -2.29. The number of nitrogens with zero attached hydrogens (tertiary/aromatic N) is 1. The Bertz CT molecular complexity index is 844. The molecule has 0 spiro atoms. The van der Waals surface area contributed by atoms with Crippen molar-refractivity contribution in [2.24, 2.45) is 5.92 Å². The highest BCUT2D eigenvalue weighted by molar-refractivity contribution is 5.97. The molecule has 3 rings (SSSR count). The second kappa shape index (κ2) is 7.83. The summed E-state index contributed by atoms with van der Waals surface area (Å²) in [4.78, 5) is 14.2. The standard InChI is InChI=1S/C22H24FNO2/c1-3-15-10-16(11-15)17-12-18(20-6-4-5-7-21(20)23)14-19(13-17)22(26)24(2)8-9-25/h4-7,10,12-15,25H,3,8-9,11H2,1-2H3. The third kappa shape index (κ3) is 3.70. The van der Waals surface area contributed by atoms with Crippen LogP contribution in [-0.4, -0.2) is 36.1 Å². The van der Waals surface area contributed by atoms with Crippen LogP contribution in [0.5, 0.6) is 0 Å². The quantitative estimate of drug-likeness (QED) is 0.838. The van der Waals surface area contributed by atoms with Gasteiger partial charge in [0.15, 0.2) is 0 Å². The van der Waals surface area contributed by atoms with Gasteiger partial charge in [0.05, 0.1) is 6.61 Å². The van der Waals surface area contributed by atoms with Gasteiger partial charge in [0.1, 0.15) is 5.82 Å². The number of halogens is 1. The highest BCUT2D eigenvalue weighted by Crippen LogP contribution is 2.38. The monoisotopic (exact) mass is 353 g/mol. The number of carbonyl (C=O) groups is 1. The second-order valence-electron chi connectivity index (χ2n) is 6.79. The fraction of sp³-hybridized carbons (Fsp3) is 0.318. The Morgan fingerprint density at radius 1 is 1.23 bits per heavy atom. The summed E-state index contributed by atoms with van der Waals surface area (Å²) in [5, 5.41) is 9.10. The first-order chi connectivity index (χ1) is 12.5. The van der Waals surface area contributed by atoms with Crippen molar-refractivity contribution in [2.75, 3.05) is 20.2 Å². The van der Waals surface area contributed by atoms with E-state index in [0.717, 1.165) is 18.4 Å². The van der Waals surface area contributed by atoms with Crippen LogP contribution in [0.4, 0.5) is 4.39 Å². The Hall–Kier alpha value is -2.46. The lowest BCUT2D eigenvalue weighted by Gasteiger charge is -2.26. The SMILES string of the molecule is CCC1C=C(c2cc(C(=O)N(C)CCO)cc(-c3ccccc3F)c2)C1. The topological polar surface area (TPSA) is 40.5 Å². The van der Waals surface area contributed by atoms with Crippen molar-refractivity contribution < 1.29 is 14.3 Å². The molecular weight excluding hydrogens is 329 g/mol. The van der Waals surface area contributed by atoms with E-state index in [4.69, 9.17) is 5.11 Å². The number of aliphatic hydroxyl groups excluding tert-OH is 1. The number of rotatable bonds is 6. The lowest BCUT2D eigenvalue weighted by molar-refractivity contribution is 0.0767. The molecule has 0 saturated carbocycles. The van der Waals surface area contributed by atoms with Crippen LogP contribution >= 0.6 is 0 Å². The van der Waals surface area contributed by atoms with Gasteiger partial charge >= 0.3 is 0 Å². The van der Waals surface area contributed by atoms with Crippen LogP contribution in [0.1, 0.15) is 35.7 Å². The molecule has 2 aromatic carbocycles. The molecule has 0 aliphatic heterocycles. The third-order valence-electron chi connectivity index (χ3n) is 4.96. The van der Waals surface area contributed by atoms with Crippen molar-refractivity contribution in [1.82, 2.24) is 4.90 Å². The molecule has 0 bridgehead atoms. The van der Waals surface area contributed by atoms with E-state index in [-0.39, 0.29) is 24.9 Å². The van der Waals surface area contributed by atoms with Gasteiger partial charge < -0.3 is 10.0 Å². The Balaban J connectivity index is 2.06. The molecule has 0 saturated heterocycles. The predicted octanol–water partition coefficient (Wildman–Crippen LogP) is 4.37. The summed E-state index contributed by atoms with van der Waals surface area (Å²) in [6.45, 7) is 2.33. The van der Waals surface area contributed by atoms with E-state index in [1.54, 1.807) is 31.3 Å². The zero-order valence-electron chi connectivity index (χ0n) is 15.2. The molecule has 1 atom stereocenters. The molecule has 1 aliphatic rings. The zero-order chi connectivity index (χ0) is 18.7. The van der Waals surface area contributed by atoms with Crippen LogP contribution in [0.15, 0.2) is 48.5 Å². The first-order valence-corrected chi connectivity index (χ1v) is 9.00. The number of hydrogen-bond donors (Lipinski definition) is 1. The van der Waals surface area contributed by atoms with Crippen molar-refractivity contribution in [3.05, 3.63) is 65.5 Å². The van der Waals surface area contributed by atoms with Gasteiger partial charge in [0.25, 0.3) is 5.91 Å². The van der Waals surface area contributed by atoms with Crippen molar-refractivity contribution in [3.8, 4) is 11.1 Å². The number of aliphatic hydroxyl groups is 1. The molecule has 1 aliphatic carbocycles. The van der Waals surface area contributed by atoms with Crippen LogP contribution in [0.3, 0.4) is 0 Å². The Morgan fingerprint density at radius 3 is 2.58 bits per heavy atom. The molecular formula is C22H24FNO2. The minimum Gasteiger partial charge on any atom is -0.395 e. The Kier molecular flexibility index (Phi) is 5.52. The van der Waals surface area contributed by atoms with Crippen LogP contribution in [0.2, 0.25) is 0 Å². The van der Waals surface area contributed by atoms with Crippen molar-refractivity contribution in [1.29, 1.82) is 0 Å². The van der Waals surface area contributed by atoms with E-state index in [1.807, 2.05) is 12.1 Å². The van der Waals surface area contributed by atoms with E-state index in [9.17, 15) is 9.18 Å². The number of benzene rings is 2. The van der Waals surface area contributed by atoms with Crippen molar-refractivity contribution in [3.63, 3.8) is 0 Å². The summed E-state index contributed by atoms with van der Waals surface area (Å²) < 4.78 is 14.3. The van der Waals surface area contributed by atoms with E-state index in [2.05, 4.69) is 13.0 Å². The van der Waals surface area contributed by atoms with Crippen molar-refractivity contribution >= 4 is 11.5 Å². The van der Waals surface area contributed by atoms with E-state index >= 15 is 0 Å². The molecule has 2 aromatic rings. The molecule has 3 nitrogen and oxygen atoms in total. The van der Waals surface area contributed by atoms with Gasteiger partial charge in [-0.3, -0.25) is 4.79 Å². The molecule has 1 unspecified atom stereocenters. The second-order valence-corrected chi connectivity index (χ2v) is 6.79. The van der Waals surface area contributed by atoms with Gasteiger partial charge in [-0.05, 0) is 59.7 Å². The molecule has 0 radical (unpaired) electrons. The largest absolute Gasteiger partial charge is 0.395 e. The summed E-state index contributed by atoms with van der Waals surface area (Å²) >= 11 is 0. The maximum Gasteiger partial charge on any atom is 0.253 e. The summed E-state index contributed by atoms with van der Waals surface area (Å²) in [6.07, 6.45) is 4.31.